The van der Waals surface area contributed by atoms with Crippen molar-refractivity contribution in [2.24, 2.45) is 0 Å². The van der Waals surface area contributed by atoms with Crippen molar-refractivity contribution in [2.75, 3.05) is 39.4 Å². The summed E-state index contributed by atoms with van der Waals surface area (Å²) in [6, 6.07) is 20.3. The van der Waals surface area contributed by atoms with E-state index in [-0.39, 0.29) is 0 Å². The molecule has 3 rings (SSSR count). The maximum atomic E-state index is 6.10. The van der Waals surface area contributed by atoms with Crippen LogP contribution in [0.15, 0.2) is 60.7 Å². The molecule has 1 aliphatic rings. The summed E-state index contributed by atoms with van der Waals surface area (Å²) < 4.78 is 5.37. The summed E-state index contributed by atoms with van der Waals surface area (Å²) in [6.45, 7) is 5.29. The number of benzene rings is 2. The van der Waals surface area contributed by atoms with E-state index in [1.54, 1.807) is 0 Å². The summed E-state index contributed by atoms with van der Waals surface area (Å²) in [7, 11) is 0. The molecular weight excluding hydrogens is 395 g/mol. The predicted molar refractivity (Wildman–Crippen MR) is 121 cm³/mol. The van der Waals surface area contributed by atoms with Crippen molar-refractivity contribution in [3.63, 3.8) is 0 Å². The molecule has 3 N–H and O–H groups in total. The van der Waals surface area contributed by atoms with Crippen molar-refractivity contribution in [2.45, 2.75) is 0 Å². The third kappa shape index (κ3) is 5.82. The third-order valence-corrected chi connectivity index (χ3v) is 8.65. The zero-order valence-electron chi connectivity index (χ0n) is 15.1. The van der Waals surface area contributed by atoms with Crippen molar-refractivity contribution >= 4 is 45.9 Å². The summed E-state index contributed by atoms with van der Waals surface area (Å²) in [5, 5.41) is 9.35. The first-order valence-electron chi connectivity index (χ1n) is 9.01. The third-order valence-electron chi connectivity index (χ3n) is 4.38. The summed E-state index contributed by atoms with van der Waals surface area (Å²) in [6.07, 6.45) is -2.22. The summed E-state index contributed by atoms with van der Waals surface area (Å²) in [5.74, 6) is 0. The minimum atomic E-state index is -2.22. The number of ether oxygens (including phenoxy) is 1. The van der Waals surface area contributed by atoms with Crippen LogP contribution in [-0.4, -0.2) is 49.4 Å². The quantitative estimate of drug-likeness (QED) is 0.355. The van der Waals surface area contributed by atoms with Crippen LogP contribution in [0.4, 0.5) is 0 Å². The monoisotopic (exact) mass is 420 g/mol. The van der Waals surface area contributed by atoms with Gasteiger partial charge in [0.1, 0.15) is 0 Å². The van der Waals surface area contributed by atoms with Crippen LogP contribution in [0, 0.1) is 0 Å². The lowest BCUT2D eigenvalue weighted by molar-refractivity contribution is 0.0389. The van der Waals surface area contributed by atoms with Gasteiger partial charge in [-0.05, 0) is 12.2 Å². The molecule has 0 saturated carbocycles. The Labute approximate surface area is 171 Å². The Balaban J connectivity index is 1.58. The molecule has 1 heterocycles. The van der Waals surface area contributed by atoms with E-state index in [2.05, 4.69) is 45.1 Å². The van der Waals surface area contributed by atoms with E-state index in [1.807, 2.05) is 36.4 Å². The van der Waals surface area contributed by atoms with Crippen molar-refractivity contribution in [1.82, 2.24) is 20.8 Å². The highest BCUT2D eigenvalue weighted by Gasteiger charge is 2.22. The second kappa shape index (κ2) is 10.3. The van der Waals surface area contributed by atoms with E-state index < -0.39 is 6.19 Å². The van der Waals surface area contributed by atoms with E-state index in [4.69, 9.17) is 28.8 Å². The molecule has 0 unspecified atom stereocenters. The summed E-state index contributed by atoms with van der Waals surface area (Å²) in [5.41, 5.74) is 3.13. The van der Waals surface area contributed by atoms with Crippen LogP contribution in [0.3, 0.4) is 0 Å². The molecule has 0 atom stereocenters. The Morgan fingerprint density at radius 3 is 2.07 bits per heavy atom. The van der Waals surface area contributed by atoms with Crippen molar-refractivity contribution in [3.05, 3.63) is 60.7 Å². The van der Waals surface area contributed by atoms with Crippen LogP contribution in [0.2, 0.25) is 0 Å². The van der Waals surface area contributed by atoms with Gasteiger partial charge in [-0.3, -0.25) is 10.3 Å². The standard InChI is InChI=1S/C19H25N4OPS2/c26-19(20-11-12-23-13-15-24-16-14-23)21-22-25(27,17-7-3-1-4-8-17)18-9-5-2-6-10-18/h1-10H,11-16H2,(H,22,27)(H2,20,21,26). The van der Waals surface area contributed by atoms with E-state index in [9.17, 15) is 0 Å². The van der Waals surface area contributed by atoms with Crippen molar-refractivity contribution < 1.29 is 4.74 Å². The maximum absolute atomic E-state index is 6.10. The van der Waals surface area contributed by atoms with Gasteiger partial charge >= 0.3 is 0 Å². The van der Waals surface area contributed by atoms with Gasteiger partial charge in [-0.1, -0.05) is 72.5 Å². The molecule has 0 aliphatic carbocycles. The lowest BCUT2D eigenvalue weighted by Crippen LogP contribution is -2.48. The first-order chi connectivity index (χ1) is 13.2. The van der Waals surface area contributed by atoms with Crippen LogP contribution in [-0.2, 0) is 16.5 Å². The molecule has 5 nitrogen and oxygen atoms in total. The molecule has 0 bridgehead atoms. The van der Waals surface area contributed by atoms with Gasteiger partial charge in [-0.25, -0.2) is 0 Å². The predicted octanol–water partition coefficient (Wildman–Crippen LogP) is 1.33. The molecule has 0 aromatic heterocycles. The molecule has 0 radical (unpaired) electrons. The van der Waals surface area contributed by atoms with Crippen molar-refractivity contribution in [3.8, 4) is 0 Å². The summed E-state index contributed by atoms with van der Waals surface area (Å²) >= 11 is 11.5. The number of nitrogens with one attached hydrogen (secondary N) is 3. The Morgan fingerprint density at radius 1 is 0.963 bits per heavy atom. The molecule has 1 saturated heterocycles. The van der Waals surface area contributed by atoms with Crippen LogP contribution >= 0.6 is 18.4 Å². The number of nitrogens with zero attached hydrogens (tertiary/aromatic N) is 1. The molecular formula is C19H25N4OPS2. The van der Waals surface area contributed by atoms with Crippen LogP contribution in [0.5, 0.6) is 0 Å². The van der Waals surface area contributed by atoms with Gasteiger partial charge in [0.2, 0.25) is 0 Å². The number of morpholine rings is 1. The highest BCUT2D eigenvalue weighted by Crippen LogP contribution is 2.37. The van der Waals surface area contributed by atoms with Gasteiger partial charge in [0.25, 0.3) is 0 Å². The highest BCUT2D eigenvalue weighted by molar-refractivity contribution is 8.20. The van der Waals surface area contributed by atoms with Gasteiger partial charge in [-0.15, -0.1) is 0 Å². The average Bonchev–Trinajstić information content (AvgIpc) is 2.74. The molecule has 2 aromatic rings. The van der Waals surface area contributed by atoms with Crippen LogP contribution < -0.4 is 26.5 Å². The largest absolute Gasteiger partial charge is 0.379 e. The van der Waals surface area contributed by atoms with Crippen molar-refractivity contribution in [1.29, 1.82) is 0 Å². The number of hydrazine groups is 1. The van der Waals surface area contributed by atoms with Gasteiger partial charge in [0.15, 0.2) is 5.11 Å². The zero-order chi connectivity index (χ0) is 19.0. The van der Waals surface area contributed by atoms with Gasteiger partial charge in [0.05, 0.1) is 19.4 Å². The van der Waals surface area contributed by atoms with Gasteiger partial charge in [-0.2, -0.15) is 5.20 Å². The van der Waals surface area contributed by atoms with Gasteiger partial charge < -0.3 is 10.1 Å². The second-order valence-corrected chi connectivity index (χ2v) is 10.8. The fourth-order valence-electron chi connectivity index (χ4n) is 2.88. The van der Waals surface area contributed by atoms with E-state index >= 15 is 0 Å². The lowest BCUT2D eigenvalue weighted by atomic mass is 10.4. The fraction of sp³-hybridized carbons (Fsp3) is 0.316. The van der Waals surface area contributed by atoms with E-state index in [0.717, 1.165) is 50.0 Å². The molecule has 1 aliphatic heterocycles. The van der Waals surface area contributed by atoms with E-state index in [0.29, 0.717) is 5.11 Å². The first-order valence-corrected chi connectivity index (χ1v) is 12.2. The number of rotatable bonds is 7. The second-order valence-electron chi connectivity index (χ2n) is 6.23. The van der Waals surface area contributed by atoms with Gasteiger partial charge in [0, 0.05) is 36.8 Å². The number of thiocarbonyl (C=S) groups is 1. The topological polar surface area (TPSA) is 48.6 Å². The molecule has 0 spiro atoms. The normalized spacial score (nSPS) is 15.3. The Kier molecular flexibility index (Phi) is 7.76. The number of hydrogen-bond donors (Lipinski definition) is 3. The van der Waals surface area contributed by atoms with Crippen LogP contribution in [0.25, 0.3) is 0 Å². The van der Waals surface area contributed by atoms with Crippen LogP contribution in [0.1, 0.15) is 0 Å². The molecule has 144 valence electrons. The minimum Gasteiger partial charge on any atom is -0.379 e. The highest BCUT2D eigenvalue weighted by atomic mass is 32.4. The zero-order valence-corrected chi connectivity index (χ0v) is 17.7. The molecule has 27 heavy (non-hydrogen) atoms. The minimum absolute atomic E-state index is 0.560. The molecule has 1 fully saturated rings. The SMILES string of the molecule is S=C(NCCN1CCOCC1)NNP(=S)(c1ccccc1)c1ccccc1. The fourth-order valence-corrected chi connectivity index (χ4v) is 5.99. The maximum Gasteiger partial charge on any atom is 0.181 e. The molecule has 2 aromatic carbocycles. The number of hydrogen-bond acceptors (Lipinski definition) is 4. The Bertz CT molecular complexity index is 726. The molecule has 8 heteroatoms. The average molecular weight is 421 g/mol. The first kappa shape index (κ1) is 20.4. The Morgan fingerprint density at radius 2 is 1.52 bits per heavy atom. The summed E-state index contributed by atoms with van der Waals surface area (Å²) in [4.78, 5) is 2.37. The Hall–Kier alpha value is -1.34. The lowest BCUT2D eigenvalue weighted by Gasteiger charge is -2.27. The van der Waals surface area contributed by atoms with E-state index in [1.165, 1.54) is 0 Å². The molecule has 0 amide bonds. The smallest absolute Gasteiger partial charge is 0.181 e.